The molecule has 1 fully saturated rings. The predicted molar refractivity (Wildman–Crippen MR) is 120 cm³/mol. The van der Waals surface area contributed by atoms with Crippen LogP contribution in [-0.2, 0) is 23.8 Å². The average Bonchev–Trinajstić information content (AvgIpc) is 2.55. The maximum atomic E-state index is 13.0. The molecule has 0 radical (unpaired) electrons. The van der Waals surface area contributed by atoms with Crippen molar-refractivity contribution in [2.45, 2.75) is 112 Å². The number of hydrogen-bond donors (Lipinski definition) is 0. The number of nitrogens with zero attached hydrogens (tertiary/aromatic N) is 1. The Balaban J connectivity index is 2.78. The van der Waals surface area contributed by atoms with Gasteiger partial charge in [0.15, 0.2) is 5.41 Å². The summed E-state index contributed by atoms with van der Waals surface area (Å²) in [6.45, 7) is 19.1. The number of hydrogen-bond acceptors (Lipinski definition) is 6. The van der Waals surface area contributed by atoms with Crippen LogP contribution in [0.4, 0.5) is 4.79 Å². The van der Waals surface area contributed by atoms with Crippen LogP contribution in [0.1, 0.15) is 94.9 Å². The molecule has 0 aromatic rings. The molecule has 0 saturated carbocycles. The highest BCUT2D eigenvalue weighted by Gasteiger charge is 2.47. The molecule has 0 aromatic heterocycles. The van der Waals surface area contributed by atoms with Crippen molar-refractivity contribution in [2.24, 2.45) is 11.3 Å². The Morgan fingerprint density at radius 3 is 1.45 bits per heavy atom. The van der Waals surface area contributed by atoms with Crippen molar-refractivity contribution < 1.29 is 28.6 Å². The number of piperidine rings is 1. The molecule has 31 heavy (non-hydrogen) atoms. The molecule has 1 amide bonds. The summed E-state index contributed by atoms with van der Waals surface area (Å²) in [6, 6.07) is 0. The lowest BCUT2D eigenvalue weighted by atomic mass is 9.80. The number of ether oxygens (including phenoxy) is 3. The van der Waals surface area contributed by atoms with Gasteiger partial charge in [-0.05, 0) is 101 Å². The Hall–Kier alpha value is -1.79. The maximum Gasteiger partial charge on any atom is 0.410 e. The smallest absolute Gasteiger partial charge is 0.410 e. The first-order valence-corrected chi connectivity index (χ1v) is 11.3. The van der Waals surface area contributed by atoms with Crippen molar-refractivity contribution in [3.8, 4) is 0 Å². The van der Waals surface area contributed by atoms with Crippen LogP contribution in [-0.4, -0.2) is 52.8 Å². The molecule has 0 aliphatic carbocycles. The van der Waals surface area contributed by atoms with Gasteiger partial charge in [0.1, 0.15) is 16.8 Å². The van der Waals surface area contributed by atoms with Gasteiger partial charge in [0.05, 0.1) is 0 Å². The first kappa shape index (κ1) is 27.2. The summed E-state index contributed by atoms with van der Waals surface area (Å²) in [5.74, 6) is -0.802. The van der Waals surface area contributed by atoms with E-state index in [9.17, 15) is 14.4 Å². The van der Waals surface area contributed by atoms with Crippen LogP contribution in [0.3, 0.4) is 0 Å². The molecular formula is C24H43NO6. The van der Waals surface area contributed by atoms with Gasteiger partial charge in [0.25, 0.3) is 0 Å². The van der Waals surface area contributed by atoms with E-state index in [-0.39, 0.29) is 6.09 Å². The topological polar surface area (TPSA) is 82.1 Å². The average molecular weight is 442 g/mol. The molecule has 0 unspecified atom stereocenters. The number of esters is 2. The van der Waals surface area contributed by atoms with E-state index in [1.807, 2.05) is 20.8 Å². The van der Waals surface area contributed by atoms with Crippen molar-refractivity contribution >= 4 is 18.0 Å². The summed E-state index contributed by atoms with van der Waals surface area (Å²) >= 11 is 0. The van der Waals surface area contributed by atoms with Gasteiger partial charge in [-0.3, -0.25) is 9.59 Å². The fourth-order valence-corrected chi connectivity index (χ4v) is 3.29. The van der Waals surface area contributed by atoms with E-state index in [4.69, 9.17) is 14.2 Å². The van der Waals surface area contributed by atoms with Crippen molar-refractivity contribution in [2.75, 3.05) is 13.1 Å². The van der Waals surface area contributed by atoms with Crippen molar-refractivity contribution in [1.82, 2.24) is 4.90 Å². The lowest BCUT2D eigenvalue weighted by Crippen LogP contribution is -2.45. The normalized spacial score (nSPS) is 16.6. The van der Waals surface area contributed by atoms with Gasteiger partial charge in [-0.25, -0.2) is 4.79 Å². The Labute approximate surface area is 188 Å². The summed E-state index contributed by atoms with van der Waals surface area (Å²) in [6.07, 6.45) is 2.33. The minimum atomic E-state index is -1.37. The molecule has 7 heteroatoms. The van der Waals surface area contributed by atoms with Crippen molar-refractivity contribution in [3.63, 3.8) is 0 Å². The second kappa shape index (κ2) is 9.78. The number of likely N-dealkylation sites (tertiary alicyclic amines) is 1. The van der Waals surface area contributed by atoms with Crippen LogP contribution in [0.25, 0.3) is 0 Å². The Morgan fingerprint density at radius 2 is 1.10 bits per heavy atom. The second-order valence-electron chi connectivity index (χ2n) is 11.8. The molecule has 1 aliphatic rings. The van der Waals surface area contributed by atoms with Crippen molar-refractivity contribution in [1.29, 1.82) is 0 Å². The van der Waals surface area contributed by atoms with Crippen LogP contribution in [0, 0.1) is 11.3 Å². The SMILES string of the molecule is CC(C)(C)OC(=O)N1CCC(CCC(C)(C(=O)OC(C)(C)C)C(=O)OC(C)(C)C)CC1. The van der Waals surface area contributed by atoms with Gasteiger partial charge in [0, 0.05) is 13.1 Å². The number of amides is 1. The lowest BCUT2D eigenvalue weighted by molar-refractivity contribution is -0.184. The van der Waals surface area contributed by atoms with E-state index < -0.39 is 34.2 Å². The maximum absolute atomic E-state index is 13.0. The summed E-state index contributed by atoms with van der Waals surface area (Å²) in [5.41, 5.74) is -3.28. The van der Waals surface area contributed by atoms with E-state index in [2.05, 4.69) is 0 Å². The molecule has 0 aromatic carbocycles. The standard InChI is InChI=1S/C24H43NO6/c1-21(2,3)29-18(26)24(10,19(27)30-22(4,5)6)14-11-17-12-15-25(16-13-17)20(28)31-23(7,8)9/h17H,11-16H2,1-10H3. The molecule has 1 saturated heterocycles. The monoisotopic (exact) mass is 441 g/mol. The molecule has 0 atom stereocenters. The molecule has 0 bridgehead atoms. The molecule has 180 valence electrons. The van der Waals surface area contributed by atoms with Crippen LogP contribution in [0.15, 0.2) is 0 Å². The Bertz CT molecular complexity index is 614. The third-order valence-corrected chi connectivity index (χ3v) is 5.02. The Morgan fingerprint density at radius 1 is 0.710 bits per heavy atom. The molecule has 0 spiro atoms. The molecule has 0 N–H and O–H groups in total. The van der Waals surface area contributed by atoms with E-state index >= 15 is 0 Å². The molecule has 1 rings (SSSR count). The van der Waals surface area contributed by atoms with Gasteiger partial charge in [-0.2, -0.15) is 0 Å². The van der Waals surface area contributed by atoms with Crippen LogP contribution >= 0.6 is 0 Å². The lowest BCUT2D eigenvalue weighted by Gasteiger charge is -2.36. The molecular weight excluding hydrogens is 398 g/mol. The Kier molecular flexibility index (Phi) is 8.60. The van der Waals surface area contributed by atoms with E-state index in [0.29, 0.717) is 31.8 Å². The molecule has 1 aliphatic heterocycles. The van der Waals surface area contributed by atoms with Crippen LogP contribution in [0.2, 0.25) is 0 Å². The third-order valence-electron chi connectivity index (χ3n) is 5.02. The van der Waals surface area contributed by atoms with Crippen LogP contribution < -0.4 is 0 Å². The summed E-state index contributed by atoms with van der Waals surface area (Å²) in [7, 11) is 0. The number of rotatable bonds is 5. The van der Waals surface area contributed by atoms with Crippen molar-refractivity contribution in [3.05, 3.63) is 0 Å². The van der Waals surface area contributed by atoms with Gasteiger partial charge in [-0.15, -0.1) is 0 Å². The first-order chi connectivity index (χ1) is 13.8. The first-order valence-electron chi connectivity index (χ1n) is 11.3. The third kappa shape index (κ3) is 9.48. The minimum Gasteiger partial charge on any atom is -0.459 e. The summed E-state index contributed by atoms with van der Waals surface area (Å²) in [4.78, 5) is 39.9. The molecule has 1 heterocycles. The van der Waals surface area contributed by atoms with Crippen LogP contribution in [0.5, 0.6) is 0 Å². The minimum absolute atomic E-state index is 0.293. The number of carbonyl (C=O) groups excluding carboxylic acids is 3. The van der Waals surface area contributed by atoms with Gasteiger partial charge in [-0.1, -0.05) is 0 Å². The van der Waals surface area contributed by atoms with E-state index in [1.54, 1.807) is 53.4 Å². The second-order valence-corrected chi connectivity index (χ2v) is 11.8. The predicted octanol–water partition coefficient (Wildman–Crippen LogP) is 5.10. The zero-order valence-electron chi connectivity index (χ0n) is 21.2. The highest BCUT2D eigenvalue weighted by atomic mass is 16.6. The quantitative estimate of drug-likeness (QED) is 0.335. The zero-order chi connectivity index (χ0) is 24.3. The fraction of sp³-hybridized carbons (Fsp3) is 0.875. The zero-order valence-corrected chi connectivity index (χ0v) is 21.2. The largest absolute Gasteiger partial charge is 0.459 e. The summed E-state index contributed by atoms with van der Waals surface area (Å²) in [5, 5.41) is 0. The van der Waals surface area contributed by atoms with Gasteiger partial charge < -0.3 is 19.1 Å². The highest BCUT2D eigenvalue weighted by molar-refractivity contribution is 5.99. The van der Waals surface area contributed by atoms with Gasteiger partial charge >= 0.3 is 18.0 Å². The molecule has 7 nitrogen and oxygen atoms in total. The highest BCUT2D eigenvalue weighted by Crippen LogP contribution is 2.35. The number of carbonyl (C=O) groups is 3. The van der Waals surface area contributed by atoms with E-state index in [0.717, 1.165) is 12.8 Å². The van der Waals surface area contributed by atoms with Gasteiger partial charge in [0.2, 0.25) is 0 Å². The fourth-order valence-electron chi connectivity index (χ4n) is 3.29. The van der Waals surface area contributed by atoms with E-state index in [1.165, 1.54) is 0 Å². The summed E-state index contributed by atoms with van der Waals surface area (Å²) < 4.78 is 16.6.